The molecule has 1 aromatic heterocycles. The van der Waals surface area contributed by atoms with E-state index >= 15 is 4.39 Å². The molecule has 214 valence electrons. The van der Waals surface area contributed by atoms with Crippen LogP contribution in [0.15, 0.2) is 47.3 Å². The van der Waals surface area contributed by atoms with Crippen molar-refractivity contribution in [3.63, 3.8) is 0 Å². The van der Waals surface area contributed by atoms with Crippen LogP contribution in [0.1, 0.15) is 47.7 Å². The van der Waals surface area contributed by atoms with Gasteiger partial charge in [0.2, 0.25) is 5.91 Å². The zero-order valence-electron chi connectivity index (χ0n) is 21.0. The highest BCUT2D eigenvalue weighted by molar-refractivity contribution is 5.79. The molecule has 0 bridgehead atoms. The maximum atomic E-state index is 15.4. The first-order valence-corrected chi connectivity index (χ1v) is 12.3. The lowest BCUT2D eigenvalue weighted by Gasteiger charge is -2.34. The topological polar surface area (TPSA) is 84.1 Å². The first-order valence-electron chi connectivity index (χ1n) is 12.3. The fraction of sp³-hybridized carbons (Fsp3) is 0.370. The maximum Gasteiger partial charge on any atom is 0.417 e. The van der Waals surface area contributed by atoms with E-state index in [1.54, 1.807) is 6.92 Å². The Morgan fingerprint density at radius 3 is 2.45 bits per heavy atom. The van der Waals surface area contributed by atoms with Crippen LogP contribution < -0.4 is 10.9 Å². The number of alkyl halides is 6. The molecule has 0 atom stereocenters. The van der Waals surface area contributed by atoms with E-state index in [9.17, 15) is 35.9 Å². The molecule has 0 spiro atoms. The van der Waals surface area contributed by atoms with Crippen molar-refractivity contribution >= 4 is 5.91 Å². The molecule has 3 aromatic rings. The summed E-state index contributed by atoms with van der Waals surface area (Å²) in [4.78, 5) is 30.6. The number of rotatable bonds is 8. The van der Waals surface area contributed by atoms with Gasteiger partial charge in [-0.3, -0.25) is 9.59 Å². The molecule has 13 heteroatoms. The standard InChI is InChI=1S/C27H24F7N3O3/c1-2-18-11-21(38)37-24(36-18)22-20(27(32,33)34)7-6-15(23(22)28)12-35-25(39)16-9-19(10-16)40-13-14-4-3-5-17(8-14)26(29,30)31/h3-8,11,16,19H,2,9-10,12-13H2,1H3,(H,35,39)(H,36,37,38)/t16-,19-. The largest absolute Gasteiger partial charge is 0.417 e. The zero-order valence-corrected chi connectivity index (χ0v) is 21.0. The summed E-state index contributed by atoms with van der Waals surface area (Å²) in [5.74, 6) is -2.83. The zero-order chi connectivity index (χ0) is 29.2. The molecule has 2 aromatic carbocycles. The Kier molecular flexibility index (Phi) is 8.33. The Morgan fingerprint density at radius 2 is 1.80 bits per heavy atom. The van der Waals surface area contributed by atoms with Gasteiger partial charge >= 0.3 is 12.4 Å². The van der Waals surface area contributed by atoms with Crippen LogP contribution in [0.2, 0.25) is 0 Å². The number of nitrogens with zero attached hydrogens (tertiary/aromatic N) is 1. The molecule has 0 radical (unpaired) electrons. The summed E-state index contributed by atoms with van der Waals surface area (Å²) in [6.07, 6.45) is -8.99. The molecule has 1 aliphatic rings. The molecule has 40 heavy (non-hydrogen) atoms. The normalized spacial score (nSPS) is 17.4. The van der Waals surface area contributed by atoms with Crippen LogP contribution >= 0.6 is 0 Å². The minimum Gasteiger partial charge on any atom is -0.373 e. The van der Waals surface area contributed by atoms with E-state index in [1.165, 1.54) is 12.1 Å². The molecular weight excluding hydrogens is 547 g/mol. The molecular formula is C27H24F7N3O3. The van der Waals surface area contributed by atoms with E-state index in [4.69, 9.17) is 4.74 Å². The highest BCUT2D eigenvalue weighted by Gasteiger charge is 2.38. The second-order valence-electron chi connectivity index (χ2n) is 9.42. The number of carbonyl (C=O) groups excluding carboxylic acids is 1. The molecule has 1 saturated carbocycles. The van der Waals surface area contributed by atoms with E-state index in [-0.39, 0.29) is 43.2 Å². The lowest BCUT2D eigenvalue weighted by Crippen LogP contribution is -2.42. The Balaban J connectivity index is 1.39. The van der Waals surface area contributed by atoms with Gasteiger partial charge in [0.25, 0.3) is 5.56 Å². The summed E-state index contributed by atoms with van der Waals surface area (Å²) >= 11 is 0. The Labute approximate surface area is 223 Å². The number of amides is 1. The van der Waals surface area contributed by atoms with Crippen molar-refractivity contribution in [3.05, 3.63) is 86.6 Å². The molecule has 4 rings (SSSR count). The Bertz CT molecular complexity index is 1440. The number of hydrogen-bond donors (Lipinski definition) is 2. The van der Waals surface area contributed by atoms with E-state index in [0.29, 0.717) is 11.6 Å². The molecule has 0 aliphatic heterocycles. The van der Waals surface area contributed by atoms with Crippen molar-refractivity contribution in [1.29, 1.82) is 0 Å². The van der Waals surface area contributed by atoms with Crippen LogP contribution in [0, 0.1) is 11.7 Å². The minimum absolute atomic E-state index is 0.0716. The fourth-order valence-electron chi connectivity index (χ4n) is 4.32. The van der Waals surface area contributed by atoms with Gasteiger partial charge in [0, 0.05) is 29.8 Å². The summed E-state index contributed by atoms with van der Waals surface area (Å²) in [5.41, 5.74) is -3.50. The van der Waals surface area contributed by atoms with Gasteiger partial charge < -0.3 is 15.0 Å². The molecule has 1 amide bonds. The average molecular weight is 571 g/mol. The van der Waals surface area contributed by atoms with Crippen molar-refractivity contribution in [2.75, 3.05) is 0 Å². The molecule has 1 aliphatic carbocycles. The van der Waals surface area contributed by atoms with Gasteiger partial charge in [-0.25, -0.2) is 9.37 Å². The summed E-state index contributed by atoms with van der Waals surface area (Å²) in [6, 6.07) is 7.39. The van der Waals surface area contributed by atoms with Crippen molar-refractivity contribution in [2.24, 2.45) is 5.92 Å². The van der Waals surface area contributed by atoms with Crippen molar-refractivity contribution < 1.29 is 40.3 Å². The summed E-state index contributed by atoms with van der Waals surface area (Å²) < 4.78 is 101. The lowest BCUT2D eigenvalue weighted by molar-refractivity contribution is -0.138. The van der Waals surface area contributed by atoms with Crippen molar-refractivity contribution in [3.8, 4) is 11.4 Å². The molecule has 1 fully saturated rings. The molecule has 6 nitrogen and oxygen atoms in total. The third-order valence-electron chi connectivity index (χ3n) is 6.58. The van der Waals surface area contributed by atoms with Crippen LogP contribution in [-0.4, -0.2) is 22.0 Å². The van der Waals surface area contributed by atoms with Crippen molar-refractivity contribution in [2.45, 2.75) is 57.8 Å². The fourth-order valence-corrected chi connectivity index (χ4v) is 4.32. The molecule has 2 N–H and O–H groups in total. The number of aromatic nitrogens is 2. The molecule has 0 unspecified atom stereocenters. The van der Waals surface area contributed by atoms with Gasteiger partial charge in [-0.05, 0) is 43.0 Å². The second kappa shape index (κ2) is 11.4. The Morgan fingerprint density at radius 1 is 1.07 bits per heavy atom. The van der Waals surface area contributed by atoms with E-state index in [2.05, 4.69) is 15.3 Å². The Hall–Kier alpha value is -3.74. The summed E-state index contributed by atoms with van der Waals surface area (Å²) in [5, 5.41) is 2.50. The highest BCUT2D eigenvalue weighted by Crippen LogP contribution is 2.38. The van der Waals surface area contributed by atoms with Crippen LogP contribution in [0.4, 0.5) is 30.7 Å². The van der Waals surface area contributed by atoms with E-state index in [0.717, 1.165) is 24.3 Å². The van der Waals surface area contributed by atoms with Crippen LogP contribution in [0.25, 0.3) is 11.4 Å². The third-order valence-corrected chi connectivity index (χ3v) is 6.58. The van der Waals surface area contributed by atoms with Gasteiger partial charge in [0.05, 0.1) is 29.4 Å². The van der Waals surface area contributed by atoms with Gasteiger partial charge in [-0.15, -0.1) is 0 Å². The molecule has 1 heterocycles. The average Bonchev–Trinajstić information content (AvgIpc) is 2.85. The summed E-state index contributed by atoms with van der Waals surface area (Å²) in [7, 11) is 0. The monoisotopic (exact) mass is 571 g/mol. The van der Waals surface area contributed by atoms with Crippen LogP contribution in [0.3, 0.4) is 0 Å². The van der Waals surface area contributed by atoms with Gasteiger partial charge in [-0.2, -0.15) is 26.3 Å². The number of carbonyl (C=O) groups is 1. The van der Waals surface area contributed by atoms with Crippen LogP contribution in [-0.2, 0) is 41.5 Å². The molecule has 0 saturated heterocycles. The number of aromatic amines is 1. The smallest absolute Gasteiger partial charge is 0.373 e. The first-order chi connectivity index (χ1) is 18.8. The lowest BCUT2D eigenvalue weighted by atomic mass is 9.81. The van der Waals surface area contributed by atoms with Crippen LogP contribution in [0.5, 0.6) is 0 Å². The second-order valence-corrected chi connectivity index (χ2v) is 9.42. The number of benzene rings is 2. The number of halogens is 7. The van der Waals surface area contributed by atoms with Gasteiger partial charge in [0.1, 0.15) is 11.6 Å². The minimum atomic E-state index is -4.94. The van der Waals surface area contributed by atoms with E-state index < -0.39 is 64.6 Å². The number of hydrogen-bond acceptors (Lipinski definition) is 4. The quantitative estimate of drug-likeness (QED) is 0.336. The number of H-pyrrole nitrogens is 1. The predicted octanol–water partition coefficient (Wildman–Crippen LogP) is 5.79. The maximum absolute atomic E-state index is 15.4. The number of aryl methyl sites for hydroxylation is 1. The summed E-state index contributed by atoms with van der Waals surface area (Å²) in [6.45, 7) is 1.15. The van der Waals surface area contributed by atoms with Crippen molar-refractivity contribution in [1.82, 2.24) is 15.3 Å². The first kappa shape index (κ1) is 29.2. The number of ether oxygens (including phenoxy) is 1. The van der Waals surface area contributed by atoms with E-state index in [1.807, 2.05) is 0 Å². The van der Waals surface area contributed by atoms with Gasteiger partial charge in [-0.1, -0.05) is 25.1 Å². The van der Waals surface area contributed by atoms with Gasteiger partial charge in [0.15, 0.2) is 0 Å². The highest BCUT2D eigenvalue weighted by atomic mass is 19.4. The SMILES string of the molecule is CCc1cc(=O)[nH]c(-c2c(C(F)(F)F)ccc(CNC(=O)[C@H]3C[C@H](OCc4cccc(C(F)(F)F)c4)C3)c2F)n1. The third kappa shape index (κ3) is 6.69. The predicted molar refractivity (Wildman–Crippen MR) is 129 cm³/mol. The number of nitrogens with one attached hydrogen (secondary N) is 2.